The van der Waals surface area contributed by atoms with Gasteiger partial charge in [-0.25, -0.2) is 9.97 Å². The Balaban J connectivity index is 2.46. The van der Waals surface area contributed by atoms with E-state index < -0.39 is 0 Å². The highest BCUT2D eigenvalue weighted by Crippen LogP contribution is 2.23. The van der Waals surface area contributed by atoms with Crippen molar-refractivity contribution >= 4 is 0 Å². The summed E-state index contributed by atoms with van der Waals surface area (Å²) >= 11 is 0. The zero-order chi connectivity index (χ0) is 40.3. The maximum Gasteiger partial charge on any atom is 0.128 e. The molecule has 0 saturated heterocycles. The van der Waals surface area contributed by atoms with Crippen molar-refractivity contribution in [3.05, 3.63) is 22.8 Å². The molecule has 2 heteroatoms. The molecular weight excluding hydrogens is 677 g/mol. The lowest BCUT2D eigenvalue weighted by Gasteiger charge is -2.16. The smallest absolute Gasteiger partial charge is 0.128 e. The molecule has 0 aliphatic rings. The van der Waals surface area contributed by atoms with Crippen LogP contribution in [0.1, 0.15) is 320 Å². The first kappa shape index (κ1) is 53.1. The molecule has 0 saturated carbocycles. The zero-order valence-corrected chi connectivity index (χ0v) is 39.4. The van der Waals surface area contributed by atoms with E-state index in [0.717, 1.165) is 12.2 Å². The monoisotopic (exact) mass is 781 g/mol. The summed E-state index contributed by atoms with van der Waals surface area (Å²) in [5, 5.41) is 0. The molecule has 0 aromatic carbocycles. The molecular formula is C54H104N2. The Morgan fingerprint density at radius 2 is 0.429 bits per heavy atom. The van der Waals surface area contributed by atoms with Crippen molar-refractivity contribution in [2.24, 2.45) is 0 Å². The van der Waals surface area contributed by atoms with Crippen molar-refractivity contribution in [2.45, 2.75) is 323 Å². The molecule has 0 fully saturated rings. The van der Waals surface area contributed by atoms with E-state index in [1.54, 1.807) is 5.56 Å². The molecule has 0 atom stereocenters. The van der Waals surface area contributed by atoms with Crippen LogP contribution >= 0.6 is 0 Å². The van der Waals surface area contributed by atoms with Crippen LogP contribution in [0.3, 0.4) is 0 Å². The van der Waals surface area contributed by atoms with Crippen LogP contribution < -0.4 is 0 Å². The van der Waals surface area contributed by atoms with Crippen molar-refractivity contribution in [1.29, 1.82) is 0 Å². The van der Waals surface area contributed by atoms with Crippen LogP contribution in [0, 0.1) is 0 Å². The Morgan fingerprint density at radius 3 is 0.643 bits per heavy atom. The van der Waals surface area contributed by atoms with Gasteiger partial charge in [-0.3, -0.25) is 0 Å². The molecule has 0 aliphatic carbocycles. The van der Waals surface area contributed by atoms with Gasteiger partial charge in [-0.15, -0.1) is 0 Å². The molecule has 1 heterocycles. The molecule has 1 aromatic heterocycles. The van der Waals surface area contributed by atoms with Gasteiger partial charge in [0.2, 0.25) is 0 Å². The fraction of sp³-hybridized carbons (Fsp3) is 0.926. The molecule has 0 N–H and O–H groups in total. The topological polar surface area (TPSA) is 25.8 Å². The van der Waals surface area contributed by atoms with Crippen LogP contribution in [-0.2, 0) is 25.7 Å². The van der Waals surface area contributed by atoms with E-state index in [9.17, 15) is 0 Å². The van der Waals surface area contributed by atoms with E-state index in [1.165, 1.54) is 300 Å². The van der Waals surface area contributed by atoms with Gasteiger partial charge in [0, 0.05) is 17.8 Å². The summed E-state index contributed by atoms with van der Waals surface area (Å²) in [4.78, 5) is 10.5. The summed E-state index contributed by atoms with van der Waals surface area (Å²) in [7, 11) is 0. The standard InChI is InChI=1S/C54H104N2/c1-5-9-12-15-18-21-24-27-30-33-36-39-42-45-48-51-52(49-46-43-40-37-34-31-28-25-22-19-16-13-10-6-2)55-54(8-4)56-53(51)50-47-44-41-38-35-32-29-26-23-20-17-14-11-7-3/h5-50H2,1-4H3. The summed E-state index contributed by atoms with van der Waals surface area (Å²) in [5.41, 5.74) is 4.45. The van der Waals surface area contributed by atoms with Crippen molar-refractivity contribution in [2.75, 3.05) is 0 Å². The van der Waals surface area contributed by atoms with Gasteiger partial charge in [0.05, 0.1) is 0 Å². The van der Waals surface area contributed by atoms with Crippen molar-refractivity contribution < 1.29 is 0 Å². The minimum Gasteiger partial charge on any atom is -0.238 e. The van der Waals surface area contributed by atoms with E-state index in [-0.39, 0.29) is 0 Å². The molecule has 56 heavy (non-hydrogen) atoms. The van der Waals surface area contributed by atoms with Gasteiger partial charge in [-0.1, -0.05) is 278 Å². The Morgan fingerprint density at radius 1 is 0.232 bits per heavy atom. The second-order valence-corrected chi connectivity index (χ2v) is 18.4. The maximum atomic E-state index is 5.24. The second kappa shape index (κ2) is 43.7. The van der Waals surface area contributed by atoms with Crippen LogP contribution in [0.15, 0.2) is 0 Å². The summed E-state index contributed by atoms with van der Waals surface area (Å²) in [5.74, 6) is 1.11. The molecule has 0 unspecified atom stereocenters. The molecule has 0 aliphatic heterocycles. The molecule has 2 nitrogen and oxygen atoms in total. The summed E-state index contributed by atoms with van der Waals surface area (Å²) < 4.78 is 0. The van der Waals surface area contributed by atoms with Crippen LogP contribution in [-0.4, -0.2) is 9.97 Å². The predicted molar refractivity (Wildman–Crippen MR) is 253 cm³/mol. The number of aryl methyl sites for hydroxylation is 3. The fourth-order valence-corrected chi connectivity index (χ4v) is 8.97. The number of rotatable bonds is 46. The lowest BCUT2D eigenvalue weighted by Crippen LogP contribution is -2.11. The summed E-state index contributed by atoms with van der Waals surface area (Å²) in [6.07, 6.45) is 64.4. The molecule has 1 rings (SSSR count). The molecule has 330 valence electrons. The quantitative estimate of drug-likeness (QED) is 0.0616. The van der Waals surface area contributed by atoms with Crippen LogP contribution in [0.4, 0.5) is 0 Å². The molecule has 0 amide bonds. The molecule has 1 aromatic rings. The van der Waals surface area contributed by atoms with Crippen LogP contribution in [0.2, 0.25) is 0 Å². The van der Waals surface area contributed by atoms with Gasteiger partial charge in [0.25, 0.3) is 0 Å². The van der Waals surface area contributed by atoms with Gasteiger partial charge in [-0.2, -0.15) is 0 Å². The number of aromatic nitrogens is 2. The highest BCUT2D eigenvalue weighted by Gasteiger charge is 2.14. The predicted octanol–water partition coefficient (Wildman–Crippen LogP) is 19.1. The number of hydrogen-bond donors (Lipinski definition) is 0. The fourth-order valence-electron chi connectivity index (χ4n) is 8.97. The molecule has 0 spiro atoms. The Bertz CT molecular complexity index is 855. The third kappa shape index (κ3) is 34.0. The maximum absolute atomic E-state index is 5.24. The molecule has 0 radical (unpaired) electrons. The third-order valence-electron chi connectivity index (χ3n) is 12.9. The molecule has 0 bridgehead atoms. The number of nitrogens with zero attached hydrogens (tertiary/aromatic N) is 2. The average molecular weight is 781 g/mol. The van der Waals surface area contributed by atoms with E-state index in [4.69, 9.17) is 9.97 Å². The van der Waals surface area contributed by atoms with E-state index >= 15 is 0 Å². The van der Waals surface area contributed by atoms with Crippen LogP contribution in [0.5, 0.6) is 0 Å². The van der Waals surface area contributed by atoms with Gasteiger partial charge in [0.15, 0.2) is 0 Å². The second-order valence-electron chi connectivity index (χ2n) is 18.4. The first-order valence-corrected chi connectivity index (χ1v) is 26.6. The van der Waals surface area contributed by atoms with Crippen molar-refractivity contribution in [3.8, 4) is 0 Å². The van der Waals surface area contributed by atoms with Gasteiger partial charge < -0.3 is 0 Å². The van der Waals surface area contributed by atoms with Crippen molar-refractivity contribution in [1.82, 2.24) is 9.97 Å². The van der Waals surface area contributed by atoms with Crippen LogP contribution in [0.25, 0.3) is 0 Å². The number of hydrogen-bond acceptors (Lipinski definition) is 2. The van der Waals surface area contributed by atoms with E-state index in [1.807, 2.05) is 0 Å². The first-order chi connectivity index (χ1) is 27.8. The summed E-state index contributed by atoms with van der Waals surface area (Å²) in [6, 6.07) is 0. The Hall–Kier alpha value is -0.920. The largest absolute Gasteiger partial charge is 0.238 e. The lowest BCUT2D eigenvalue weighted by molar-refractivity contribution is 0.531. The van der Waals surface area contributed by atoms with Gasteiger partial charge >= 0.3 is 0 Å². The Kier molecular flexibility index (Phi) is 41.4. The minimum atomic E-state index is 0.969. The highest BCUT2D eigenvalue weighted by molar-refractivity contribution is 5.27. The van der Waals surface area contributed by atoms with Gasteiger partial charge in [0.1, 0.15) is 5.82 Å². The summed E-state index contributed by atoms with van der Waals surface area (Å²) in [6.45, 7) is 9.21. The SMILES string of the molecule is CCCCCCCCCCCCCCCCc1nc(CC)nc(CCCCCCCCCCCCCCCC)c1CCCCCCCCCCCCCCCC. The third-order valence-corrected chi connectivity index (χ3v) is 12.9. The van der Waals surface area contributed by atoms with E-state index in [0.29, 0.717) is 0 Å². The Labute approximate surface area is 354 Å². The minimum absolute atomic E-state index is 0.969. The van der Waals surface area contributed by atoms with Gasteiger partial charge in [-0.05, 0) is 44.1 Å². The van der Waals surface area contributed by atoms with E-state index in [2.05, 4.69) is 27.7 Å². The zero-order valence-electron chi connectivity index (χ0n) is 39.4. The first-order valence-electron chi connectivity index (χ1n) is 26.6. The highest BCUT2D eigenvalue weighted by atomic mass is 14.9. The number of unbranched alkanes of at least 4 members (excludes halogenated alkanes) is 39. The van der Waals surface area contributed by atoms with Crippen molar-refractivity contribution in [3.63, 3.8) is 0 Å². The normalized spacial score (nSPS) is 11.6. The lowest BCUT2D eigenvalue weighted by atomic mass is 9.96. The average Bonchev–Trinajstić information content (AvgIpc) is 3.21.